The van der Waals surface area contributed by atoms with E-state index in [0.29, 0.717) is 16.5 Å². The van der Waals surface area contributed by atoms with Crippen LogP contribution in [0.5, 0.6) is 0 Å². The van der Waals surface area contributed by atoms with E-state index in [1.54, 1.807) is 22.7 Å². The standard InChI is InChI=1S/C18H13ClN4OS2/c19-11-3-1-2-10(6-11)15-7-13-17(26-15)14(8-16(20)24)22-23-18(13)21-12-4-5-25-9-12/h1-7,9H,8H2,(H2,20,24)(H,21,23). The Hall–Kier alpha value is -2.48. The van der Waals surface area contributed by atoms with Crippen molar-refractivity contribution in [1.29, 1.82) is 0 Å². The number of nitrogens with one attached hydrogen (secondary N) is 1. The molecule has 4 rings (SSSR count). The van der Waals surface area contributed by atoms with E-state index in [0.717, 1.165) is 26.2 Å². The summed E-state index contributed by atoms with van der Waals surface area (Å²) in [6.45, 7) is 0. The van der Waals surface area contributed by atoms with Crippen molar-refractivity contribution in [2.45, 2.75) is 6.42 Å². The number of aromatic nitrogens is 2. The Balaban J connectivity index is 1.86. The van der Waals surface area contributed by atoms with E-state index in [1.165, 1.54) is 0 Å². The van der Waals surface area contributed by atoms with Crippen LogP contribution in [0.1, 0.15) is 5.69 Å². The minimum absolute atomic E-state index is 0.0533. The summed E-state index contributed by atoms with van der Waals surface area (Å²) in [5.74, 6) is 0.216. The van der Waals surface area contributed by atoms with E-state index in [2.05, 4.69) is 15.5 Å². The highest BCUT2D eigenvalue weighted by Crippen LogP contribution is 2.39. The zero-order chi connectivity index (χ0) is 18.1. The molecule has 4 aromatic rings. The fraction of sp³-hybridized carbons (Fsp3) is 0.0556. The molecular weight excluding hydrogens is 388 g/mol. The van der Waals surface area contributed by atoms with Gasteiger partial charge in [0.2, 0.25) is 5.91 Å². The van der Waals surface area contributed by atoms with Crippen LogP contribution < -0.4 is 11.1 Å². The van der Waals surface area contributed by atoms with Crippen LogP contribution in [0.4, 0.5) is 11.5 Å². The van der Waals surface area contributed by atoms with Crippen LogP contribution in [0.15, 0.2) is 47.2 Å². The van der Waals surface area contributed by atoms with Gasteiger partial charge in [0.05, 0.1) is 22.5 Å². The zero-order valence-corrected chi connectivity index (χ0v) is 15.8. The molecule has 26 heavy (non-hydrogen) atoms. The molecule has 0 saturated carbocycles. The van der Waals surface area contributed by atoms with Crippen LogP contribution in [-0.2, 0) is 11.2 Å². The van der Waals surface area contributed by atoms with Gasteiger partial charge in [-0.3, -0.25) is 4.79 Å². The van der Waals surface area contributed by atoms with Gasteiger partial charge in [0.15, 0.2) is 5.82 Å². The first-order valence-electron chi connectivity index (χ1n) is 7.73. The van der Waals surface area contributed by atoms with Gasteiger partial charge in [-0.05, 0) is 35.2 Å². The van der Waals surface area contributed by atoms with E-state index in [4.69, 9.17) is 17.3 Å². The summed E-state index contributed by atoms with van der Waals surface area (Å²) in [5, 5.41) is 17.3. The van der Waals surface area contributed by atoms with Gasteiger partial charge in [0.1, 0.15) is 0 Å². The van der Waals surface area contributed by atoms with Crippen molar-refractivity contribution in [3.63, 3.8) is 0 Å². The Morgan fingerprint density at radius 3 is 2.85 bits per heavy atom. The molecule has 0 aliphatic rings. The van der Waals surface area contributed by atoms with Crippen molar-refractivity contribution in [3.8, 4) is 10.4 Å². The number of carbonyl (C=O) groups is 1. The van der Waals surface area contributed by atoms with Crippen LogP contribution in [0, 0.1) is 0 Å². The predicted octanol–water partition coefficient (Wildman–Crippen LogP) is 4.84. The number of primary amides is 1. The molecule has 5 nitrogen and oxygen atoms in total. The van der Waals surface area contributed by atoms with Crippen molar-refractivity contribution in [1.82, 2.24) is 10.2 Å². The quantitative estimate of drug-likeness (QED) is 0.502. The van der Waals surface area contributed by atoms with Gasteiger partial charge in [-0.1, -0.05) is 23.7 Å². The summed E-state index contributed by atoms with van der Waals surface area (Å²) in [4.78, 5) is 12.4. The number of halogens is 1. The molecule has 0 fully saturated rings. The number of fused-ring (bicyclic) bond motifs is 1. The molecule has 0 bridgehead atoms. The molecule has 3 N–H and O–H groups in total. The van der Waals surface area contributed by atoms with Crippen molar-refractivity contribution in [2.24, 2.45) is 5.73 Å². The lowest BCUT2D eigenvalue weighted by Gasteiger charge is -2.05. The third-order valence-corrected chi connectivity index (χ3v) is 5.91. The topological polar surface area (TPSA) is 80.9 Å². The van der Waals surface area contributed by atoms with Crippen molar-refractivity contribution < 1.29 is 4.79 Å². The number of thiophene rings is 2. The monoisotopic (exact) mass is 400 g/mol. The first kappa shape index (κ1) is 17.0. The van der Waals surface area contributed by atoms with Crippen molar-refractivity contribution in [2.75, 3.05) is 5.32 Å². The lowest BCUT2D eigenvalue weighted by atomic mass is 10.1. The van der Waals surface area contributed by atoms with E-state index >= 15 is 0 Å². The molecule has 130 valence electrons. The second-order valence-corrected chi connectivity index (χ2v) is 7.91. The number of anilines is 2. The third-order valence-electron chi connectivity index (χ3n) is 3.75. The first-order chi connectivity index (χ1) is 12.6. The lowest BCUT2D eigenvalue weighted by molar-refractivity contribution is -0.117. The number of rotatable bonds is 5. The molecular formula is C18H13ClN4OS2. The van der Waals surface area contributed by atoms with E-state index in [9.17, 15) is 4.79 Å². The fourth-order valence-corrected chi connectivity index (χ4v) is 4.54. The number of carbonyl (C=O) groups excluding carboxylic acids is 1. The normalized spacial score (nSPS) is 11.0. The smallest absolute Gasteiger partial charge is 0.223 e. The van der Waals surface area contributed by atoms with Gasteiger partial charge in [0, 0.05) is 20.7 Å². The van der Waals surface area contributed by atoms with Crippen LogP contribution in [0.2, 0.25) is 5.02 Å². The predicted molar refractivity (Wildman–Crippen MR) is 108 cm³/mol. The Morgan fingerprint density at radius 2 is 2.12 bits per heavy atom. The molecule has 3 aromatic heterocycles. The summed E-state index contributed by atoms with van der Waals surface area (Å²) in [5.41, 5.74) is 7.90. The van der Waals surface area contributed by atoms with Gasteiger partial charge < -0.3 is 11.1 Å². The fourth-order valence-electron chi connectivity index (χ4n) is 2.62. The Labute approximate surface area is 162 Å². The molecule has 0 aliphatic heterocycles. The maximum Gasteiger partial charge on any atom is 0.223 e. The second-order valence-electron chi connectivity index (χ2n) is 5.64. The summed E-state index contributed by atoms with van der Waals surface area (Å²) >= 11 is 9.27. The second kappa shape index (κ2) is 7.03. The summed E-state index contributed by atoms with van der Waals surface area (Å²) in [7, 11) is 0. The Bertz CT molecular complexity index is 1090. The van der Waals surface area contributed by atoms with Crippen LogP contribution in [0.3, 0.4) is 0 Å². The molecule has 1 aromatic carbocycles. The molecule has 0 spiro atoms. The summed E-state index contributed by atoms with van der Waals surface area (Å²) in [6, 6.07) is 11.7. The van der Waals surface area contributed by atoms with E-state index in [1.807, 2.05) is 47.2 Å². The van der Waals surface area contributed by atoms with Gasteiger partial charge in [-0.15, -0.1) is 16.4 Å². The number of hydrogen-bond acceptors (Lipinski definition) is 6. The average Bonchev–Trinajstić information content (AvgIpc) is 3.26. The SMILES string of the molecule is NC(=O)Cc1nnc(Nc2ccsc2)c2cc(-c3cccc(Cl)c3)sc12. The number of amides is 1. The Morgan fingerprint density at radius 1 is 1.23 bits per heavy atom. The highest BCUT2D eigenvalue weighted by Gasteiger charge is 2.16. The van der Waals surface area contributed by atoms with Crippen molar-refractivity contribution in [3.05, 3.63) is 57.9 Å². The molecule has 0 atom stereocenters. The molecule has 8 heteroatoms. The Kier molecular flexibility index (Phi) is 4.58. The molecule has 3 heterocycles. The zero-order valence-electron chi connectivity index (χ0n) is 13.4. The van der Waals surface area contributed by atoms with Gasteiger partial charge >= 0.3 is 0 Å². The number of hydrogen-bond donors (Lipinski definition) is 2. The van der Waals surface area contributed by atoms with Crippen LogP contribution >= 0.6 is 34.3 Å². The van der Waals surface area contributed by atoms with Crippen LogP contribution in [0.25, 0.3) is 20.5 Å². The molecule has 0 radical (unpaired) electrons. The largest absolute Gasteiger partial charge is 0.369 e. The van der Waals surface area contributed by atoms with Crippen molar-refractivity contribution >= 4 is 61.8 Å². The summed E-state index contributed by atoms with van der Waals surface area (Å²) in [6.07, 6.45) is 0.0533. The molecule has 0 saturated heterocycles. The minimum Gasteiger partial charge on any atom is -0.369 e. The number of nitrogens with zero attached hydrogens (tertiary/aromatic N) is 2. The third kappa shape index (κ3) is 3.41. The molecule has 0 unspecified atom stereocenters. The number of nitrogens with two attached hydrogens (primary N) is 1. The minimum atomic E-state index is -0.433. The lowest BCUT2D eigenvalue weighted by Crippen LogP contribution is -2.15. The highest BCUT2D eigenvalue weighted by atomic mass is 35.5. The van der Waals surface area contributed by atoms with Gasteiger partial charge in [-0.2, -0.15) is 16.4 Å². The van der Waals surface area contributed by atoms with Gasteiger partial charge in [0.25, 0.3) is 0 Å². The van der Waals surface area contributed by atoms with E-state index < -0.39 is 5.91 Å². The first-order valence-corrected chi connectivity index (χ1v) is 9.86. The summed E-state index contributed by atoms with van der Waals surface area (Å²) < 4.78 is 0.895. The average molecular weight is 401 g/mol. The maximum absolute atomic E-state index is 11.4. The highest BCUT2D eigenvalue weighted by molar-refractivity contribution is 7.22. The van der Waals surface area contributed by atoms with Crippen LogP contribution in [-0.4, -0.2) is 16.1 Å². The molecule has 0 aliphatic carbocycles. The molecule has 1 amide bonds. The van der Waals surface area contributed by atoms with E-state index in [-0.39, 0.29) is 6.42 Å². The van der Waals surface area contributed by atoms with Gasteiger partial charge in [-0.25, -0.2) is 0 Å². The maximum atomic E-state index is 11.4. The number of benzene rings is 1.